The number of carbonyl (C=O) groups excluding carboxylic acids is 2. The molecular weight excluding hydrogens is 499 g/mol. The zero-order chi connectivity index (χ0) is 26.0. The van der Waals surface area contributed by atoms with Crippen LogP contribution in [0.5, 0.6) is 0 Å². The van der Waals surface area contributed by atoms with E-state index in [2.05, 4.69) is 15.3 Å². The zero-order valence-electron chi connectivity index (χ0n) is 19.8. The second kappa shape index (κ2) is 10.2. The summed E-state index contributed by atoms with van der Waals surface area (Å²) in [6.45, 7) is 1.82. The molecule has 0 spiro atoms. The van der Waals surface area contributed by atoms with Crippen LogP contribution in [0.4, 0.5) is 21.6 Å². The van der Waals surface area contributed by atoms with Gasteiger partial charge in [0.15, 0.2) is 0 Å². The number of aromatic nitrogens is 2. The molecule has 2 amide bonds. The van der Waals surface area contributed by atoms with E-state index in [1.807, 2.05) is 4.90 Å². The van der Waals surface area contributed by atoms with E-state index in [-0.39, 0.29) is 29.7 Å². The molecule has 1 aromatic heterocycles. The predicted molar refractivity (Wildman–Crippen MR) is 135 cm³/mol. The van der Waals surface area contributed by atoms with Gasteiger partial charge in [0.25, 0.3) is 0 Å². The molecule has 5 rings (SSSR count). The van der Waals surface area contributed by atoms with E-state index >= 15 is 0 Å². The minimum Gasteiger partial charge on any atom is -0.353 e. The summed E-state index contributed by atoms with van der Waals surface area (Å²) in [5.41, 5.74) is 0.970. The van der Waals surface area contributed by atoms with Gasteiger partial charge in [-0.15, -0.1) is 0 Å². The highest BCUT2D eigenvalue weighted by Crippen LogP contribution is 2.27. The summed E-state index contributed by atoms with van der Waals surface area (Å²) in [7, 11) is -3.70. The van der Waals surface area contributed by atoms with E-state index in [0.717, 1.165) is 0 Å². The number of rotatable bonds is 6. The number of sulfonamides is 1. The summed E-state index contributed by atoms with van der Waals surface area (Å²) in [5, 5.41) is 2.76. The number of anilines is 3. The molecule has 0 radical (unpaired) electrons. The van der Waals surface area contributed by atoms with Crippen LogP contribution in [-0.4, -0.2) is 67.2 Å². The first-order valence-electron chi connectivity index (χ1n) is 11.8. The third kappa shape index (κ3) is 5.30. The zero-order valence-corrected chi connectivity index (χ0v) is 20.6. The molecule has 192 valence electrons. The van der Waals surface area contributed by atoms with Crippen molar-refractivity contribution in [3.05, 3.63) is 72.9 Å². The largest absolute Gasteiger partial charge is 0.353 e. The molecule has 37 heavy (non-hydrogen) atoms. The first kappa shape index (κ1) is 24.8. The Kier molecular flexibility index (Phi) is 6.85. The van der Waals surface area contributed by atoms with Gasteiger partial charge in [0.1, 0.15) is 11.6 Å². The van der Waals surface area contributed by atoms with Crippen LogP contribution in [0.3, 0.4) is 0 Å². The highest BCUT2D eigenvalue weighted by Gasteiger charge is 2.35. The summed E-state index contributed by atoms with van der Waals surface area (Å²) in [6, 6.07) is 11.5. The van der Waals surface area contributed by atoms with Gasteiger partial charge in [-0.1, -0.05) is 0 Å². The van der Waals surface area contributed by atoms with Crippen LogP contribution in [0.2, 0.25) is 0 Å². The van der Waals surface area contributed by atoms with Crippen molar-refractivity contribution in [2.75, 3.05) is 47.8 Å². The summed E-state index contributed by atoms with van der Waals surface area (Å²) in [5.74, 6) is -0.822. The molecule has 3 aromatic rings. The molecule has 12 heteroatoms. The molecule has 1 unspecified atom stereocenters. The number of carbonyl (C=O) groups is 2. The number of hydrogen-bond donors (Lipinski definition) is 1. The maximum absolute atomic E-state index is 13.2. The van der Waals surface area contributed by atoms with Crippen molar-refractivity contribution in [2.24, 2.45) is 5.92 Å². The molecule has 3 heterocycles. The van der Waals surface area contributed by atoms with Gasteiger partial charge in [-0.2, -0.15) is 4.31 Å². The van der Waals surface area contributed by atoms with Gasteiger partial charge in [-0.05, 0) is 48.5 Å². The Balaban J connectivity index is 1.18. The van der Waals surface area contributed by atoms with Crippen molar-refractivity contribution in [1.29, 1.82) is 0 Å². The summed E-state index contributed by atoms with van der Waals surface area (Å²) >= 11 is 0. The quantitative estimate of drug-likeness (QED) is 0.525. The van der Waals surface area contributed by atoms with Crippen LogP contribution < -0.4 is 15.1 Å². The minimum atomic E-state index is -3.70. The SMILES string of the molecule is O=C(Nc1ccc(S(=O)(=O)N2CCN(c3cnccn3)CC2)cc1)C1CC(=O)N(c2ccc(F)cc2)C1. The number of nitrogens with zero attached hydrogens (tertiary/aromatic N) is 5. The van der Waals surface area contributed by atoms with E-state index in [1.54, 1.807) is 18.6 Å². The lowest BCUT2D eigenvalue weighted by Crippen LogP contribution is -2.48. The Hall–Kier alpha value is -3.90. The molecule has 0 saturated carbocycles. The molecule has 2 aromatic carbocycles. The molecular formula is C25H25FN6O4S. The summed E-state index contributed by atoms with van der Waals surface area (Å²) in [6.07, 6.45) is 4.88. The first-order valence-corrected chi connectivity index (χ1v) is 13.2. The molecule has 0 bridgehead atoms. The van der Waals surface area contributed by atoms with Crippen molar-refractivity contribution in [3.63, 3.8) is 0 Å². The van der Waals surface area contributed by atoms with Crippen LogP contribution in [0.15, 0.2) is 72.0 Å². The molecule has 10 nitrogen and oxygen atoms in total. The normalized spacial score (nSPS) is 18.7. The lowest BCUT2D eigenvalue weighted by atomic mass is 10.1. The Morgan fingerprint density at radius 2 is 1.68 bits per heavy atom. The number of halogens is 1. The molecule has 2 aliphatic rings. The van der Waals surface area contributed by atoms with Gasteiger partial charge < -0.3 is 15.1 Å². The second-order valence-corrected chi connectivity index (χ2v) is 10.8. The topological polar surface area (TPSA) is 116 Å². The van der Waals surface area contributed by atoms with Gasteiger partial charge in [0.05, 0.1) is 17.0 Å². The van der Waals surface area contributed by atoms with Crippen molar-refractivity contribution in [1.82, 2.24) is 14.3 Å². The van der Waals surface area contributed by atoms with Crippen LogP contribution in [-0.2, 0) is 19.6 Å². The maximum atomic E-state index is 13.2. The first-order chi connectivity index (χ1) is 17.8. The average molecular weight is 525 g/mol. The maximum Gasteiger partial charge on any atom is 0.243 e. The fourth-order valence-corrected chi connectivity index (χ4v) is 5.89. The fraction of sp³-hybridized carbons (Fsp3) is 0.280. The molecule has 2 fully saturated rings. The van der Waals surface area contributed by atoms with Crippen molar-refractivity contribution in [3.8, 4) is 0 Å². The van der Waals surface area contributed by atoms with Crippen LogP contribution in [0.25, 0.3) is 0 Å². The third-order valence-electron chi connectivity index (χ3n) is 6.51. The number of benzene rings is 2. The second-order valence-electron chi connectivity index (χ2n) is 8.85. The average Bonchev–Trinajstić information content (AvgIpc) is 3.32. The predicted octanol–water partition coefficient (Wildman–Crippen LogP) is 2.12. The number of nitrogens with one attached hydrogen (secondary N) is 1. The van der Waals surface area contributed by atoms with E-state index in [4.69, 9.17) is 0 Å². The monoisotopic (exact) mass is 524 g/mol. The van der Waals surface area contributed by atoms with Gasteiger partial charge in [0.2, 0.25) is 21.8 Å². The Labute approximate surface area is 213 Å². The standard InChI is InChI=1S/C25H25FN6O4S/c26-19-1-5-21(6-2-19)32-17-18(15-24(32)33)25(34)29-20-3-7-22(8-4-20)37(35,36)31-13-11-30(12-14-31)23-16-27-9-10-28-23/h1-10,16,18H,11-15,17H2,(H,29,34). The number of piperazine rings is 1. The highest BCUT2D eigenvalue weighted by molar-refractivity contribution is 7.89. The van der Waals surface area contributed by atoms with Gasteiger partial charge in [-0.3, -0.25) is 14.6 Å². The highest BCUT2D eigenvalue weighted by atomic mass is 32.2. The molecule has 1 N–H and O–H groups in total. The smallest absolute Gasteiger partial charge is 0.243 e. The van der Waals surface area contributed by atoms with Crippen molar-refractivity contribution < 1.29 is 22.4 Å². The van der Waals surface area contributed by atoms with E-state index in [1.165, 1.54) is 57.7 Å². The lowest BCUT2D eigenvalue weighted by molar-refractivity contribution is -0.122. The Morgan fingerprint density at radius 1 is 0.973 bits per heavy atom. The fourth-order valence-electron chi connectivity index (χ4n) is 4.47. The summed E-state index contributed by atoms with van der Waals surface area (Å²) in [4.78, 5) is 37.1. The van der Waals surface area contributed by atoms with Gasteiger partial charge in [0, 0.05) is 62.9 Å². The molecule has 0 aliphatic carbocycles. The molecule has 2 saturated heterocycles. The van der Waals surface area contributed by atoms with Gasteiger partial charge in [-0.25, -0.2) is 17.8 Å². The minimum absolute atomic E-state index is 0.0379. The summed E-state index contributed by atoms with van der Waals surface area (Å²) < 4.78 is 40.9. The molecule has 1 atom stereocenters. The van der Waals surface area contributed by atoms with E-state index < -0.39 is 21.8 Å². The third-order valence-corrected chi connectivity index (χ3v) is 8.42. The van der Waals surface area contributed by atoms with Crippen molar-refractivity contribution in [2.45, 2.75) is 11.3 Å². The number of amides is 2. The van der Waals surface area contributed by atoms with Crippen LogP contribution in [0.1, 0.15) is 6.42 Å². The Bertz CT molecular complexity index is 1380. The van der Waals surface area contributed by atoms with E-state index in [9.17, 15) is 22.4 Å². The van der Waals surface area contributed by atoms with Crippen LogP contribution in [0, 0.1) is 11.7 Å². The lowest BCUT2D eigenvalue weighted by Gasteiger charge is -2.34. The van der Waals surface area contributed by atoms with Gasteiger partial charge >= 0.3 is 0 Å². The number of hydrogen-bond acceptors (Lipinski definition) is 7. The molecule has 2 aliphatic heterocycles. The van der Waals surface area contributed by atoms with Crippen molar-refractivity contribution >= 4 is 39.0 Å². The van der Waals surface area contributed by atoms with E-state index in [0.29, 0.717) is 43.4 Å². The Morgan fingerprint density at radius 3 is 2.32 bits per heavy atom. The van der Waals surface area contributed by atoms with Crippen LogP contribution >= 0.6 is 0 Å².